The molecule has 3 heterocycles. The van der Waals surface area contributed by atoms with Crippen LogP contribution < -0.4 is 5.49 Å². The predicted molar refractivity (Wildman–Crippen MR) is 87.6 cm³/mol. The second-order valence-electron chi connectivity index (χ2n) is 5.99. The van der Waals surface area contributed by atoms with E-state index in [1.165, 1.54) is 12.8 Å². The molecule has 0 bridgehead atoms. The molecule has 1 aliphatic rings. The van der Waals surface area contributed by atoms with Gasteiger partial charge in [0.05, 0.1) is 12.9 Å². The zero-order valence-corrected chi connectivity index (χ0v) is 13.2. The number of aromatic amines is 1. The Morgan fingerprint density at radius 1 is 1.30 bits per heavy atom. The molecule has 3 aromatic rings. The predicted octanol–water partition coefficient (Wildman–Crippen LogP) is 2.54. The summed E-state index contributed by atoms with van der Waals surface area (Å²) in [6.07, 6.45) is 8.83. The number of hydrogen-bond acceptors (Lipinski definition) is 4. The molecule has 1 fully saturated rings. The highest BCUT2D eigenvalue weighted by Gasteiger charge is 2.29. The third kappa shape index (κ3) is 2.76. The van der Waals surface area contributed by atoms with E-state index in [1.807, 2.05) is 12.1 Å². The van der Waals surface area contributed by atoms with Gasteiger partial charge in [-0.05, 0) is 37.0 Å². The molecule has 0 unspecified atom stereocenters. The van der Waals surface area contributed by atoms with Gasteiger partial charge in [0.15, 0.2) is 11.1 Å². The topological polar surface area (TPSA) is 71.8 Å². The zero-order valence-electron chi connectivity index (χ0n) is 13.2. The molecule has 0 saturated heterocycles. The monoisotopic (exact) mass is 308 g/mol. The summed E-state index contributed by atoms with van der Waals surface area (Å²) in [4.78, 5) is 21.4. The maximum atomic E-state index is 4.88. The Bertz CT molecular complexity index is 873. The van der Waals surface area contributed by atoms with Crippen LogP contribution in [0.25, 0.3) is 11.2 Å². The van der Waals surface area contributed by atoms with Gasteiger partial charge in [-0.25, -0.2) is 9.97 Å². The van der Waals surface area contributed by atoms with Crippen LogP contribution in [0.15, 0.2) is 35.8 Å². The Hall–Kier alpha value is -2.50. The van der Waals surface area contributed by atoms with Crippen molar-refractivity contribution < 1.29 is 0 Å². The van der Waals surface area contributed by atoms with Crippen molar-refractivity contribution in [2.24, 2.45) is 4.99 Å². The van der Waals surface area contributed by atoms with E-state index in [-0.39, 0.29) is 0 Å². The Labute approximate surface area is 134 Å². The van der Waals surface area contributed by atoms with Gasteiger partial charge >= 0.3 is 0 Å². The lowest BCUT2D eigenvalue weighted by Gasteiger charge is -2.12. The third-order valence-electron chi connectivity index (χ3n) is 4.15. The lowest BCUT2D eigenvalue weighted by molar-refractivity contribution is 0.631. The van der Waals surface area contributed by atoms with E-state index in [0.717, 1.165) is 41.0 Å². The molecule has 0 spiro atoms. The van der Waals surface area contributed by atoms with Crippen LogP contribution in [0.3, 0.4) is 0 Å². The molecule has 6 nitrogen and oxygen atoms in total. The zero-order chi connectivity index (χ0) is 15.6. The number of pyridine rings is 1. The molecule has 4 rings (SSSR count). The molecule has 0 radical (unpaired) electrons. The molecular weight excluding hydrogens is 288 g/mol. The van der Waals surface area contributed by atoms with Gasteiger partial charge in [-0.2, -0.15) is 0 Å². The molecule has 0 aromatic carbocycles. The van der Waals surface area contributed by atoms with Crippen LogP contribution in [0.4, 0.5) is 0 Å². The van der Waals surface area contributed by atoms with E-state index in [2.05, 4.69) is 26.4 Å². The number of fused-ring (bicyclic) bond motifs is 1. The van der Waals surface area contributed by atoms with Gasteiger partial charge < -0.3 is 9.55 Å². The first-order valence-electron chi connectivity index (χ1n) is 8.20. The van der Waals surface area contributed by atoms with E-state index in [9.17, 15) is 0 Å². The minimum absolute atomic E-state index is 0.567. The van der Waals surface area contributed by atoms with E-state index < -0.39 is 0 Å². The maximum Gasteiger partial charge on any atom is 0.177 e. The first kappa shape index (κ1) is 14.1. The Balaban J connectivity index is 1.83. The summed E-state index contributed by atoms with van der Waals surface area (Å²) < 4.78 is 2.26. The SMILES string of the molecule is CCCn1c(C2CC2)nc(=NCc2ccncc2)c2[nH]cnc21. The summed E-state index contributed by atoms with van der Waals surface area (Å²) in [5.41, 5.74) is 3.80. The minimum atomic E-state index is 0.567. The second-order valence-corrected chi connectivity index (χ2v) is 5.99. The van der Waals surface area contributed by atoms with E-state index >= 15 is 0 Å². The van der Waals surface area contributed by atoms with Crippen molar-refractivity contribution in [1.29, 1.82) is 0 Å². The number of hydrogen-bond donors (Lipinski definition) is 1. The fraction of sp³-hybridized carbons (Fsp3) is 0.412. The average molecular weight is 308 g/mol. The van der Waals surface area contributed by atoms with Crippen molar-refractivity contribution in [1.82, 2.24) is 24.5 Å². The summed E-state index contributed by atoms with van der Waals surface area (Å²) in [6.45, 7) is 3.74. The van der Waals surface area contributed by atoms with Gasteiger partial charge in [0.25, 0.3) is 0 Å². The lowest BCUT2D eigenvalue weighted by Crippen LogP contribution is -2.20. The second kappa shape index (κ2) is 5.95. The summed E-state index contributed by atoms with van der Waals surface area (Å²) in [5, 5.41) is 0. The van der Waals surface area contributed by atoms with Crippen LogP contribution >= 0.6 is 0 Å². The van der Waals surface area contributed by atoms with Crippen LogP contribution in [-0.2, 0) is 13.1 Å². The Morgan fingerprint density at radius 3 is 2.87 bits per heavy atom. The maximum absolute atomic E-state index is 4.88. The van der Waals surface area contributed by atoms with E-state index in [4.69, 9.17) is 9.98 Å². The molecule has 1 N–H and O–H groups in total. The first-order chi connectivity index (χ1) is 11.4. The number of nitrogens with one attached hydrogen (secondary N) is 1. The van der Waals surface area contributed by atoms with Crippen LogP contribution in [-0.4, -0.2) is 24.5 Å². The van der Waals surface area contributed by atoms with Crippen molar-refractivity contribution in [3.63, 3.8) is 0 Å². The van der Waals surface area contributed by atoms with Crippen molar-refractivity contribution in [2.45, 2.75) is 45.2 Å². The fourth-order valence-electron chi connectivity index (χ4n) is 2.86. The summed E-state index contributed by atoms with van der Waals surface area (Å²) in [7, 11) is 0. The summed E-state index contributed by atoms with van der Waals surface area (Å²) >= 11 is 0. The molecule has 118 valence electrons. The molecule has 0 aliphatic heterocycles. The van der Waals surface area contributed by atoms with E-state index in [0.29, 0.717) is 12.5 Å². The highest BCUT2D eigenvalue weighted by Crippen LogP contribution is 2.39. The van der Waals surface area contributed by atoms with E-state index in [1.54, 1.807) is 18.7 Å². The Morgan fingerprint density at radius 2 is 2.13 bits per heavy atom. The fourth-order valence-corrected chi connectivity index (χ4v) is 2.86. The molecule has 0 atom stereocenters. The first-order valence-corrected chi connectivity index (χ1v) is 8.20. The molecule has 0 amide bonds. The molecule has 3 aromatic heterocycles. The van der Waals surface area contributed by atoms with Gasteiger partial charge in [0.2, 0.25) is 0 Å². The lowest BCUT2D eigenvalue weighted by atomic mass is 10.3. The highest BCUT2D eigenvalue weighted by molar-refractivity contribution is 5.69. The Kier molecular flexibility index (Phi) is 3.65. The van der Waals surface area contributed by atoms with Gasteiger partial charge in [-0.1, -0.05) is 6.92 Å². The number of nitrogens with zero attached hydrogens (tertiary/aromatic N) is 5. The highest BCUT2D eigenvalue weighted by atomic mass is 15.1. The number of aromatic nitrogens is 5. The number of rotatable bonds is 5. The standard InChI is InChI=1S/C17H20N6/c1-2-9-23-16(13-3-4-13)22-15(14-17(23)21-11-20-14)19-10-12-5-7-18-8-6-12/h5-8,11,13H,2-4,9-10H2,1H3,(H,20,21). The molecule has 1 aliphatic carbocycles. The quantitative estimate of drug-likeness (QED) is 0.787. The minimum Gasteiger partial charge on any atom is -0.340 e. The number of imidazole rings is 1. The largest absolute Gasteiger partial charge is 0.340 e. The molecule has 6 heteroatoms. The molecule has 23 heavy (non-hydrogen) atoms. The average Bonchev–Trinajstić information content (AvgIpc) is 3.31. The van der Waals surface area contributed by atoms with Crippen molar-refractivity contribution in [3.8, 4) is 0 Å². The van der Waals surface area contributed by atoms with Crippen molar-refractivity contribution >= 4 is 11.2 Å². The van der Waals surface area contributed by atoms with Gasteiger partial charge in [-0.15, -0.1) is 0 Å². The normalized spacial score (nSPS) is 15.4. The molecular formula is C17H20N6. The molecule has 1 saturated carbocycles. The summed E-state index contributed by atoms with van der Waals surface area (Å²) in [5.74, 6) is 1.71. The van der Waals surface area contributed by atoms with Crippen molar-refractivity contribution in [2.75, 3.05) is 0 Å². The summed E-state index contributed by atoms with van der Waals surface area (Å²) in [6, 6.07) is 3.96. The van der Waals surface area contributed by atoms with Crippen LogP contribution in [0.5, 0.6) is 0 Å². The van der Waals surface area contributed by atoms with Gasteiger partial charge in [0, 0.05) is 24.9 Å². The smallest absolute Gasteiger partial charge is 0.177 e. The third-order valence-corrected chi connectivity index (χ3v) is 4.15. The van der Waals surface area contributed by atoms with Gasteiger partial charge in [0.1, 0.15) is 11.3 Å². The van der Waals surface area contributed by atoms with Crippen LogP contribution in [0, 0.1) is 0 Å². The van der Waals surface area contributed by atoms with Crippen LogP contribution in [0.1, 0.15) is 43.5 Å². The number of H-pyrrole nitrogens is 1. The van der Waals surface area contributed by atoms with Crippen LogP contribution in [0.2, 0.25) is 0 Å². The van der Waals surface area contributed by atoms with Crippen molar-refractivity contribution in [3.05, 3.63) is 47.7 Å². The number of aryl methyl sites for hydroxylation is 1. The van der Waals surface area contributed by atoms with Gasteiger partial charge in [-0.3, -0.25) is 9.98 Å².